The van der Waals surface area contributed by atoms with Gasteiger partial charge in [0.2, 0.25) is 5.91 Å². The number of aliphatic carboxylic acids is 1. The van der Waals surface area contributed by atoms with Crippen molar-refractivity contribution in [1.82, 2.24) is 14.9 Å². The molecule has 1 aliphatic carbocycles. The highest BCUT2D eigenvalue weighted by Gasteiger charge is 2.63. The number of para-hydroxylation sites is 2. The third-order valence-corrected chi connectivity index (χ3v) is 12.4. The molecule has 2 saturated heterocycles. The van der Waals surface area contributed by atoms with Crippen LogP contribution in [0.15, 0.2) is 52.9 Å². The number of amides is 1. The van der Waals surface area contributed by atoms with E-state index in [1.165, 1.54) is 11.3 Å². The van der Waals surface area contributed by atoms with Gasteiger partial charge in [-0.1, -0.05) is 51.1 Å². The Hall–Kier alpha value is -4.18. The second-order valence-electron chi connectivity index (χ2n) is 16.1. The molecule has 1 saturated carbocycles. The van der Waals surface area contributed by atoms with Gasteiger partial charge in [-0.05, 0) is 85.5 Å². The Bertz CT molecular complexity index is 1940. The Labute approximate surface area is 293 Å². The molecule has 0 radical (unpaired) electrons. The van der Waals surface area contributed by atoms with Crippen LogP contribution >= 0.6 is 0 Å². The van der Waals surface area contributed by atoms with E-state index in [0.29, 0.717) is 61.4 Å². The van der Waals surface area contributed by atoms with E-state index >= 15 is 0 Å². The van der Waals surface area contributed by atoms with Crippen LogP contribution in [0, 0.1) is 16.7 Å². The second-order valence-corrected chi connectivity index (χ2v) is 16.1. The van der Waals surface area contributed by atoms with Crippen molar-refractivity contribution in [2.45, 2.75) is 103 Å². The quantitative estimate of drug-likeness (QED) is 0.192. The van der Waals surface area contributed by atoms with Gasteiger partial charge in [0.15, 0.2) is 11.4 Å². The van der Waals surface area contributed by atoms with Crippen molar-refractivity contribution in [3.8, 4) is 0 Å². The van der Waals surface area contributed by atoms with Crippen molar-refractivity contribution in [2.75, 3.05) is 29.4 Å². The number of fused-ring (bicyclic) bond motifs is 4. The summed E-state index contributed by atoms with van der Waals surface area (Å²) in [7, 11) is 0. The van der Waals surface area contributed by atoms with Crippen LogP contribution in [0.25, 0.3) is 22.1 Å². The minimum absolute atomic E-state index is 0.0300. The number of aromatic nitrogens is 2. The molecule has 10 heteroatoms. The van der Waals surface area contributed by atoms with Gasteiger partial charge in [-0.15, -0.1) is 0 Å². The number of hydrogen-bond donors (Lipinski definition) is 2. The van der Waals surface area contributed by atoms with Crippen LogP contribution in [0.5, 0.6) is 0 Å². The van der Waals surface area contributed by atoms with Gasteiger partial charge in [0.1, 0.15) is 29.2 Å². The average Bonchev–Trinajstić information content (AvgIpc) is 3.40. The zero-order valence-corrected chi connectivity index (χ0v) is 29.5. The summed E-state index contributed by atoms with van der Waals surface area (Å²) in [5.74, 6) is 1.06. The lowest BCUT2D eigenvalue weighted by Gasteiger charge is -2.40. The van der Waals surface area contributed by atoms with Gasteiger partial charge in [0.05, 0.1) is 0 Å². The molecule has 8 rings (SSSR count). The number of benzene rings is 2. The maximum absolute atomic E-state index is 13.5. The lowest BCUT2D eigenvalue weighted by Crippen LogP contribution is -2.47. The minimum Gasteiger partial charge on any atom is -0.480 e. The molecule has 2 aromatic heterocycles. The number of furan rings is 1. The lowest BCUT2D eigenvalue weighted by atomic mass is 9.81. The van der Waals surface area contributed by atoms with Gasteiger partial charge < -0.3 is 29.3 Å². The highest BCUT2D eigenvalue weighted by molar-refractivity contribution is 6.06. The summed E-state index contributed by atoms with van der Waals surface area (Å²) in [5.41, 5.74) is 4.55. The number of carboxylic acids is 1. The number of carbonyl (C=O) groups is 2. The first-order valence-corrected chi connectivity index (χ1v) is 18.5. The molecule has 5 heterocycles. The summed E-state index contributed by atoms with van der Waals surface area (Å²) in [6.07, 6.45) is 7.47. The first-order valence-electron chi connectivity index (χ1n) is 18.5. The molecule has 5 atom stereocenters. The molecular weight excluding hydrogens is 630 g/mol. The molecule has 1 unspecified atom stereocenters. The zero-order chi connectivity index (χ0) is 34.8. The number of piperidine rings is 1. The number of likely N-dealkylation sites (tertiary alicyclic amines) is 1. The topological polar surface area (TPSA) is 123 Å². The summed E-state index contributed by atoms with van der Waals surface area (Å²) in [6.45, 7) is 8.96. The molecule has 50 heavy (non-hydrogen) atoms. The van der Waals surface area contributed by atoms with Crippen LogP contribution in [-0.2, 0) is 22.4 Å². The highest BCUT2D eigenvalue weighted by atomic mass is 16.4. The zero-order valence-electron chi connectivity index (χ0n) is 29.5. The van der Waals surface area contributed by atoms with Crippen LogP contribution in [0.3, 0.4) is 0 Å². The second kappa shape index (κ2) is 12.5. The van der Waals surface area contributed by atoms with Crippen molar-refractivity contribution < 1.29 is 24.2 Å². The van der Waals surface area contributed by atoms with Crippen molar-refractivity contribution in [1.29, 1.82) is 0 Å². The fourth-order valence-corrected chi connectivity index (χ4v) is 9.32. The molecule has 3 aliphatic heterocycles. The maximum Gasteiger partial charge on any atom is 0.326 e. The molecule has 0 bridgehead atoms. The number of aliphatic hydroxyl groups excluding tert-OH is 1. The van der Waals surface area contributed by atoms with E-state index in [4.69, 9.17) is 14.4 Å². The van der Waals surface area contributed by atoms with E-state index in [2.05, 4.69) is 48.8 Å². The number of nitrogens with zero attached hydrogens (tertiary/aromatic N) is 5. The van der Waals surface area contributed by atoms with Crippen molar-refractivity contribution in [3.63, 3.8) is 0 Å². The molecule has 2 aromatic carbocycles. The van der Waals surface area contributed by atoms with Gasteiger partial charge in [-0.25, -0.2) is 14.8 Å². The molecule has 264 valence electrons. The summed E-state index contributed by atoms with van der Waals surface area (Å²) >= 11 is 0. The van der Waals surface area contributed by atoms with Crippen molar-refractivity contribution in [3.05, 3.63) is 59.9 Å². The SMILES string of the molecule is C[C@H]1CN(C(=O)CCC(C)(C)CCCc2nc(N3CCC[C@H]3C(=O)O)c3oc4ccccc4c3n2)CC[C@]12C[C@H]2N1c2ccccc2CC1O. The maximum atomic E-state index is 13.5. The monoisotopic (exact) mass is 679 g/mol. The van der Waals surface area contributed by atoms with Crippen LogP contribution in [-0.4, -0.2) is 74.9 Å². The van der Waals surface area contributed by atoms with Crippen LogP contribution < -0.4 is 9.80 Å². The fraction of sp³-hybridized carbons (Fsp3) is 0.550. The predicted molar refractivity (Wildman–Crippen MR) is 193 cm³/mol. The standard InChI is InChI=1S/C40H49N5O5/c1-25-24-43(21-19-40(25)23-31(40)45-28-12-6-4-10-26(28)22-34(45)47)33(46)16-18-39(2,3)17-8-15-32-41-35-27-11-5-7-14-30(27)50-36(35)37(42-32)44-20-9-13-29(44)38(48)49/h4-7,10-12,14,25,29,31,34,47H,8-9,13,15-24H2,1-3H3,(H,48,49)/t25-,29-,31+,34?,40-/m0/s1. The van der Waals surface area contributed by atoms with E-state index in [1.807, 2.05) is 35.2 Å². The smallest absolute Gasteiger partial charge is 0.326 e. The molecule has 10 nitrogen and oxygen atoms in total. The average molecular weight is 680 g/mol. The van der Waals surface area contributed by atoms with Gasteiger partial charge in [-0.3, -0.25) is 4.79 Å². The molecule has 4 aliphatic rings. The summed E-state index contributed by atoms with van der Waals surface area (Å²) in [6, 6.07) is 15.9. The molecule has 3 fully saturated rings. The van der Waals surface area contributed by atoms with Gasteiger partial charge in [0.25, 0.3) is 0 Å². The van der Waals surface area contributed by atoms with Gasteiger partial charge in [0, 0.05) is 56.0 Å². The Kier molecular flexibility index (Phi) is 8.28. The molecule has 4 aromatic rings. The first kappa shape index (κ1) is 33.0. The van der Waals surface area contributed by atoms with E-state index in [9.17, 15) is 19.8 Å². The predicted octanol–water partition coefficient (Wildman–Crippen LogP) is 6.57. The number of rotatable bonds is 10. The molecular formula is C40H49N5O5. The normalized spacial score (nSPS) is 26.4. The molecule has 1 spiro atoms. The van der Waals surface area contributed by atoms with Crippen molar-refractivity contribution >= 4 is 45.5 Å². The molecule has 1 amide bonds. The van der Waals surface area contributed by atoms with Crippen LogP contribution in [0.4, 0.5) is 11.5 Å². The van der Waals surface area contributed by atoms with Crippen molar-refractivity contribution in [2.24, 2.45) is 16.7 Å². The number of carboxylic acid groups (broad SMARTS) is 1. The lowest BCUT2D eigenvalue weighted by molar-refractivity contribution is -0.138. The Morgan fingerprint density at radius 2 is 1.86 bits per heavy atom. The number of aryl methyl sites for hydroxylation is 1. The summed E-state index contributed by atoms with van der Waals surface area (Å²) in [4.78, 5) is 41.6. The van der Waals surface area contributed by atoms with Crippen LogP contribution in [0.1, 0.15) is 83.5 Å². The molecule has 2 N–H and O–H groups in total. The third kappa shape index (κ3) is 5.79. The Morgan fingerprint density at radius 3 is 2.68 bits per heavy atom. The largest absolute Gasteiger partial charge is 0.480 e. The number of carbonyl (C=O) groups excluding carboxylic acids is 1. The minimum atomic E-state index is -0.841. The van der Waals surface area contributed by atoms with E-state index in [1.54, 1.807) is 0 Å². The van der Waals surface area contributed by atoms with Crippen LogP contribution in [0.2, 0.25) is 0 Å². The summed E-state index contributed by atoms with van der Waals surface area (Å²) in [5, 5.41) is 21.7. The van der Waals surface area contributed by atoms with E-state index in [-0.39, 0.29) is 16.7 Å². The van der Waals surface area contributed by atoms with E-state index < -0.39 is 18.2 Å². The Balaban J connectivity index is 0.876. The third-order valence-electron chi connectivity index (χ3n) is 12.4. The van der Waals surface area contributed by atoms with Gasteiger partial charge in [-0.2, -0.15) is 0 Å². The number of hydrogen-bond acceptors (Lipinski definition) is 8. The van der Waals surface area contributed by atoms with Gasteiger partial charge >= 0.3 is 5.97 Å². The number of aliphatic hydroxyl groups is 1. The summed E-state index contributed by atoms with van der Waals surface area (Å²) < 4.78 is 6.20. The highest BCUT2D eigenvalue weighted by Crippen LogP contribution is 2.61. The van der Waals surface area contributed by atoms with E-state index in [0.717, 1.165) is 68.1 Å². The Morgan fingerprint density at radius 1 is 1.06 bits per heavy atom. The fourth-order valence-electron chi connectivity index (χ4n) is 9.32. The number of anilines is 2. The first-order chi connectivity index (χ1) is 24.0.